The highest BCUT2D eigenvalue weighted by Gasteiger charge is 2.33. The number of nitrogens with one attached hydrogen (secondary N) is 4. The van der Waals surface area contributed by atoms with E-state index in [4.69, 9.17) is 54.7 Å². The van der Waals surface area contributed by atoms with E-state index in [9.17, 15) is 53.7 Å². The Balaban J connectivity index is 5.75. The summed E-state index contributed by atoms with van der Waals surface area (Å²) in [4.78, 5) is 101. The summed E-state index contributed by atoms with van der Waals surface area (Å²) in [6.07, 6.45) is 28.1. The molecule has 0 aliphatic heterocycles. The molecule has 23 heteroatoms. The van der Waals surface area contributed by atoms with Gasteiger partial charge in [0.25, 0.3) is 0 Å². The second-order valence-electron chi connectivity index (χ2n) is 18.8. The van der Waals surface area contributed by atoms with Crippen LogP contribution in [0.5, 0.6) is 0 Å². The van der Waals surface area contributed by atoms with Gasteiger partial charge in [0.05, 0.1) is 24.9 Å². The fraction of sp³-hybridized carbons (Fsp3) is 0.843. The number of aliphatic hydroxyl groups excluding tert-OH is 2. The first kappa shape index (κ1) is 70.7. The van der Waals surface area contributed by atoms with E-state index in [0.717, 1.165) is 63.1 Å². The number of esters is 2. The largest absolute Gasteiger partial charge is 0.480 e. The van der Waals surface area contributed by atoms with Gasteiger partial charge in [-0.3, -0.25) is 28.8 Å². The summed E-state index contributed by atoms with van der Waals surface area (Å²) < 4.78 is 14.1. The van der Waals surface area contributed by atoms with Gasteiger partial charge in [-0.05, 0) is 12.8 Å². The van der Waals surface area contributed by atoms with Crippen LogP contribution in [0.3, 0.4) is 0 Å². The summed E-state index contributed by atoms with van der Waals surface area (Å²) >= 11 is 18.2. The number of hydrogen-bond donors (Lipinski definition) is 8. The Morgan fingerprint density at radius 3 is 1.16 bits per heavy atom. The molecule has 0 aliphatic carbocycles. The van der Waals surface area contributed by atoms with Gasteiger partial charge >= 0.3 is 24.0 Å². The third-order valence-electron chi connectivity index (χ3n) is 12.0. The maximum absolute atomic E-state index is 13.7. The number of nitrogens with two attached hydrogens (primary N) is 1. The van der Waals surface area contributed by atoms with Gasteiger partial charge in [-0.2, -0.15) is 0 Å². The minimum absolute atomic E-state index is 0.173. The van der Waals surface area contributed by atoms with E-state index < -0.39 is 107 Å². The number of primary amides is 1. The maximum Gasteiger partial charge on any atom is 0.407 e. The predicted octanol–water partition coefficient (Wildman–Crippen LogP) is 8.00. The van der Waals surface area contributed by atoms with Crippen molar-refractivity contribution in [2.24, 2.45) is 5.73 Å². The van der Waals surface area contributed by atoms with Gasteiger partial charge in [-0.25, -0.2) is 9.59 Å². The zero-order chi connectivity index (χ0) is 55.4. The summed E-state index contributed by atoms with van der Waals surface area (Å²) in [6, 6.07) is -7.00. The molecular formula is C51H90Cl3N5O14S. The van der Waals surface area contributed by atoms with E-state index >= 15 is 0 Å². The molecule has 19 nitrogen and oxygen atoms in total. The van der Waals surface area contributed by atoms with Crippen LogP contribution in [0.1, 0.15) is 200 Å². The van der Waals surface area contributed by atoms with Crippen LogP contribution in [0.15, 0.2) is 0 Å². The first-order valence-corrected chi connectivity index (χ1v) is 29.1. The number of ether oxygens (including phenoxy) is 3. The molecular weight excluding hydrogens is 1050 g/mol. The van der Waals surface area contributed by atoms with Crippen molar-refractivity contribution in [2.45, 2.75) is 233 Å². The molecule has 0 aromatic carbocycles. The van der Waals surface area contributed by atoms with Gasteiger partial charge in [0.1, 0.15) is 44.0 Å². The molecule has 0 saturated carbocycles. The smallest absolute Gasteiger partial charge is 0.407 e. The van der Waals surface area contributed by atoms with Crippen molar-refractivity contribution in [3.8, 4) is 0 Å². The number of hydrogen-bond acceptors (Lipinski definition) is 14. The Hall–Kier alpha value is -3.30. The van der Waals surface area contributed by atoms with Crippen LogP contribution in [0, 0.1) is 0 Å². The monoisotopic (exact) mass is 1130 g/mol. The molecule has 5 amide bonds. The Bertz CT molecular complexity index is 1540. The lowest BCUT2D eigenvalue weighted by Crippen LogP contribution is -2.60. The average Bonchev–Trinajstić information content (AvgIpc) is 3.35. The highest BCUT2D eigenvalue weighted by molar-refractivity contribution is 8.00. The Kier molecular flexibility index (Phi) is 43.8. The number of alkyl carbamates (subject to hydrolysis) is 1. The number of rotatable bonds is 48. The number of halogens is 3. The van der Waals surface area contributed by atoms with Crippen molar-refractivity contribution < 1.29 is 67.9 Å². The van der Waals surface area contributed by atoms with Crippen molar-refractivity contribution in [2.75, 3.05) is 38.8 Å². The van der Waals surface area contributed by atoms with E-state index in [1.807, 2.05) is 5.32 Å². The van der Waals surface area contributed by atoms with Gasteiger partial charge < -0.3 is 56.5 Å². The van der Waals surface area contributed by atoms with Gasteiger partial charge in [-0.1, -0.05) is 203 Å². The molecule has 0 aliphatic rings. The van der Waals surface area contributed by atoms with Crippen LogP contribution in [0.2, 0.25) is 0 Å². The van der Waals surface area contributed by atoms with Crippen LogP contribution in [0.4, 0.5) is 4.79 Å². The van der Waals surface area contributed by atoms with Crippen LogP contribution >= 0.6 is 46.6 Å². The number of carboxylic acid groups (broad SMARTS) is 1. The molecule has 4 atom stereocenters. The zero-order valence-corrected chi connectivity index (χ0v) is 47.2. The fourth-order valence-corrected chi connectivity index (χ4v) is 8.78. The predicted molar refractivity (Wildman–Crippen MR) is 289 cm³/mol. The lowest BCUT2D eigenvalue weighted by molar-refractivity contribution is -0.146. The molecule has 0 bridgehead atoms. The number of carbonyl (C=O) groups is 8. The topological polar surface area (TPSA) is 299 Å². The van der Waals surface area contributed by atoms with E-state index in [1.54, 1.807) is 0 Å². The number of aliphatic carboxylic acids is 1. The number of carbonyl (C=O) groups excluding carboxylic acids is 7. The molecule has 0 radical (unpaired) electrons. The van der Waals surface area contributed by atoms with Gasteiger partial charge in [0.2, 0.25) is 27.4 Å². The number of carboxylic acids is 1. The third-order valence-corrected chi connectivity index (χ3v) is 13.6. The van der Waals surface area contributed by atoms with Crippen molar-refractivity contribution in [1.82, 2.24) is 21.3 Å². The number of unbranched alkanes of at least 4 members (excludes halogenated alkanes) is 24. The molecule has 0 saturated heterocycles. The first-order chi connectivity index (χ1) is 35.4. The Morgan fingerprint density at radius 2 is 0.838 bits per heavy atom. The molecule has 9 N–H and O–H groups in total. The van der Waals surface area contributed by atoms with Gasteiger partial charge in [0, 0.05) is 18.6 Å². The molecule has 0 unspecified atom stereocenters. The minimum Gasteiger partial charge on any atom is -0.480 e. The second-order valence-corrected chi connectivity index (χ2v) is 22.6. The fourth-order valence-electron chi connectivity index (χ4n) is 7.59. The molecule has 430 valence electrons. The standard InChI is InChI=1S/C51H90Cl3N5O14S/c1-3-5-7-9-11-13-15-17-19-21-23-25-27-29-44(63)71-34-38(35-72-45(64)30-28-26-24-22-20-18-16-14-12-10-8-6-4-2)74-36-42(59-50(70)73-37-51(52,53)54)48(67)58-41(33-61)47(66)57-40(32-60)46(65)56-39(49(68)69)31-43(55)62/h38-42,60-61H,3-37H2,1-2H3,(H2,55,62)(H,56,65)(H,57,66)(H,58,67)(H,59,70)(H,68,69)/t39-,40-,41-,42-/m0/s1. The molecule has 0 rings (SSSR count). The summed E-state index contributed by atoms with van der Waals surface area (Å²) in [6.45, 7) is 1.11. The first-order valence-electron chi connectivity index (χ1n) is 26.9. The van der Waals surface area contributed by atoms with Crippen molar-refractivity contribution in [3.63, 3.8) is 0 Å². The van der Waals surface area contributed by atoms with E-state index in [1.165, 1.54) is 103 Å². The molecule has 0 aromatic heterocycles. The van der Waals surface area contributed by atoms with E-state index in [2.05, 4.69) is 29.8 Å². The van der Waals surface area contributed by atoms with Gasteiger partial charge in [0.15, 0.2) is 0 Å². The number of aliphatic hydroxyl groups is 2. The quantitative estimate of drug-likeness (QED) is 0.0124. The molecule has 0 heterocycles. The normalized spacial score (nSPS) is 13.0. The zero-order valence-electron chi connectivity index (χ0n) is 44.1. The summed E-state index contributed by atoms with van der Waals surface area (Å²) in [5.74, 6) is -7.45. The molecule has 0 spiro atoms. The summed E-state index contributed by atoms with van der Waals surface area (Å²) in [7, 11) is 0. The van der Waals surface area contributed by atoms with E-state index in [0.29, 0.717) is 12.8 Å². The molecule has 0 aromatic rings. The van der Waals surface area contributed by atoms with Crippen molar-refractivity contribution in [3.05, 3.63) is 0 Å². The Labute approximate surface area is 459 Å². The van der Waals surface area contributed by atoms with Crippen LogP contribution < -0.4 is 27.0 Å². The molecule has 74 heavy (non-hydrogen) atoms. The SMILES string of the molecule is CCCCCCCCCCCCCCCC(=O)OCC(COC(=O)CCCCCCCCCCCCCCC)SC[C@H](NC(=O)OCC(Cl)(Cl)Cl)C(=O)N[C@@H](CO)C(=O)N[C@@H](CO)C(=O)N[C@@H](CC(N)=O)C(=O)O. The van der Waals surface area contributed by atoms with Gasteiger partial charge in [-0.15, -0.1) is 11.8 Å². The maximum atomic E-state index is 13.7. The lowest BCUT2D eigenvalue weighted by atomic mass is 10.0. The minimum atomic E-state index is -2.03. The van der Waals surface area contributed by atoms with Crippen LogP contribution in [-0.4, -0.2) is 135 Å². The number of alkyl halides is 3. The van der Waals surface area contributed by atoms with E-state index in [-0.39, 0.29) is 31.8 Å². The lowest BCUT2D eigenvalue weighted by Gasteiger charge is -2.25. The molecule has 0 fully saturated rings. The number of thioether (sulfide) groups is 1. The summed E-state index contributed by atoms with van der Waals surface area (Å²) in [5.41, 5.74) is 5.05. The third kappa shape index (κ3) is 40.9. The van der Waals surface area contributed by atoms with Crippen molar-refractivity contribution >= 4 is 94.2 Å². The highest BCUT2D eigenvalue weighted by atomic mass is 35.6. The highest BCUT2D eigenvalue weighted by Crippen LogP contribution is 2.26. The van der Waals surface area contributed by atoms with Crippen molar-refractivity contribution in [1.29, 1.82) is 0 Å². The Morgan fingerprint density at radius 1 is 0.500 bits per heavy atom. The summed E-state index contributed by atoms with van der Waals surface area (Å²) in [5, 5.41) is 37.1. The average molecular weight is 1140 g/mol. The van der Waals surface area contributed by atoms with Crippen LogP contribution in [-0.2, 0) is 47.8 Å². The number of amides is 5. The van der Waals surface area contributed by atoms with Crippen LogP contribution in [0.25, 0.3) is 0 Å². The second kappa shape index (κ2) is 45.9.